The minimum Gasteiger partial charge on any atom is -0.497 e. The Morgan fingerprint density at radius 3 is 2.81 bits per heavy atom. The van der Waals surface area contributed by atoms with Gasteiger partial charge in [0.15, 0.2) is 0 Å². The van der Waals surface area contributed by atoms with Gasteiger partial charge in [-0.2, -0.15) is 0 Å². The first-order chi connectivity index (χ1) is 13.2. The zero-order valence-electron chi connectivity index (χ0n) is 15.2. The number of aryl methyl sites for hydroxylation is 1. The van der Waals surface area contributed by atoms with Crippen LogP contribution in [0.15, 0.2) is 42.5 Å². The quantitative estimate of drug-likeness (QED) is 0.820. The lowest BCUT2D eigenvalue weighted by Gasteiger charge is -2.28. The summed E-state index contributed by atoms with van der Waals surface area (Å²) >= 11 is 0. The molecule has 138 valence electrons. The van der Waals surface area contributed by atoms with Crippen molar-refractivity contribution >= 4 is 12.0 Å². The van der Waals surface area contributed by atoms with Crippen molar-refractivity contribution in [3.63, 3.8) is 0 Å². The van der Waals surface area contributed by atoms with Crippen molar-refractivity contribution < 1.29 is 19.1 Å². The fourth-order valence-electron chi connectivity index (χ4n) is 4.74. The molecule has 5 heteroatoms. The highest BCUT2D eigenvalue weighted by atomic mass is 16.6. The number of imide groups is 1. The van der Waals surface area contributed by atoms with Gasteiger partial charge >= 0.3 is 6.09 Å². The first-order valence-electron chi connectivity index (χ1n) is 9.43. The van der Waals surface area contributed by atoms with Crippen LogP contribution in [0.4, 0.5) is 4.79 Å². The molecule has 0 spiro atoms. The van der Waals surface area contributed by atoms with Crippen molar-refractivity contribution in [2.24, 2.45) is 5.92 Å². The van der Waals surface area contributed by atoms with Crippen LogP contribution in [0.25, 0.3) is 0 Å². The summed E-state index contributed by atoms with van der Waals surface area (Å²) in [5.74, 6) is 0.544. The number of nitrogens with zero attached hydrogens (tertiary/aromatic N) is 1. The van der Waals surface area contributed by atoms with Gasteiger partial charge in [-0.25, -0.2) is 9.69 Å². The van der Waals surface area contributed by atoms with E-state index in [1.54, 1.807) is 7.11 Å². The second-order valence-electron chi connectivity index (χ2n) is 7.55. The van der Waals surface area contributed by atoms with Gasteiger partial charge in [-0.3, -0.25) is 4.79 Å². The van der Waals surface area contributed by atoms with Crippen LogP contribution in [0.2, 0.25) is 0 Å². The van der Waals surface area contributed by atoms with Crippen LogP contribution in [0.5, 0.6) is 5.75 Å². The van der Waals surface area contributed by atoms with E-state index in [9.17, 15) is 9.59 Å². The first kappa shape index (κ1) is 16.4. The van der Waals surface area contributed by atoms with Gasteiger partial charge in [0, 0.05) is 12.3 Å². The number of hydrogen-bond acceptors (Lipinski definition) is 4. The van der Waals surface area contributed by atoms with E-state index in [1.165, 1.54) is 16.0 Å². The maximum atomic E-state index is 13.3. The Bertz CT molecular complexity index is 938. The molecule has 0 N–H and O–H groups in total. The standard InChI is InChI=1S/C22H21NO4/c1-26-17-9-8-13-10-16(7-6-14(13)11-17)21(24)23-20-18-5-3-2-4-15(18)12-19(20)27-22(23)25/h2-5,8-9,11,16,19-20H,6-7,10,12H2,1H3/t16-,19+,20-/m1/s1. The van der Waals surface area contributed by atoms with Crippen molar-refractivity contribution in [1.29, 1.82) is 0 Å². The number of amides is 2. The maximum absolute atomic E-state index is 13.3. The van der Waals surface area contributed by atoms with Crippen LogP contribution in [-0.2, 0) is 28.8 Å². The van der Waals surface area contributed by atoms with Gasteiger partial charge in [0.25, 0.3) is 0 Å². The number of carbonyl (C=O) groups excluding carboxylic acids is 2. The van der Waals surface area contributed by atoms with Gasteiger partial charge in [0.1, 0.15) is 17.9 Å². The smallest absolute Gasteiger partial charge is 0.417 e. The number of ether oxygens (including phenoxy) is 2. The van der Waals surface area contributed by atoms with Gasteiger partial charge in [-0.1, -0.05) is 30.3 Å². The number of carbonyl (C=O) groups is 2. The Morgan fingerprint density at radius 2 is 1.96 bits per heavy atom. The van der Waals surface area contributed by atoms with E-state index in [-0.39, 0.29) is 24.0 Å². The molecular weight excluding hydrogens is 342 g/mol. The Balaban J connectivity index is 1.41. The van der Waals surface area contributed by atoms with Crippen molar-refractivity contribution in [2.45, 2.75) is 37.8 Å². The van der Waals surface area contributed by atoms with Crippen LogP contribution in [0, 0.1) is 5.92 Å². The molecule has 0 radical (unpaired) electrons. The molecule has 3 atom stereocenters. The first-order valence-corrected chi connectivity index (χ1v) is 9.43. The van der Waals surface area contributed by atoms with E-state index in [4.69, 9.17) is 9.47 Å². The second-order valence-corrected chi connectivity index (χ2v) is 7.55. The Labute approximate surface area is 157 Å². The number of fused-ring (bicyclic) bond motifs is 4. The summed E-state index contributed by atoms with van der Waals surface area (Å²) in [6, 6.07) is 13.7. The lowest BCUT2D eigenvalue weighted by atomic mass is 9.83. The van der Waals surface area contributed by atoms with Crippen LogP contribution in [0.3, 0.4) is 0 Å². The number of benzene rings is 2. The summed E-state index contributed by atoms with van der Waals surface area (Å²) in [5, 5.41) is 0. The average molecular weight is 363 g/mol. The second kappa shape index (κ2) is 6.12. The van der Waals surface area contributed by atoms with Crippen LogP contribution >= 0.6 is 0 Å². The lowest BCUT2D eigenvalue weighted by Crippen LogP contribution is -2.40. The molecule has 0 aromatic heterocycles. The zero-order valence-corrected chi connectivity index (χ0v) is 15.2. The van der Waals surface area contributed by atoms with Crippen LogP contribution in [0.1, 0.15) is 34.7 Å². The predicted octanol–water partition coefficient (Wildman–Crippen LogP) is 3.44. The largest absolute Gasteiger partial charge is 0.497 e. The highest BCUT2D eigenvalue weighted by Gasteiger charge is 2.51. The van der Waals surface area contributed by atoms with Gasteiger partial charge in [-0.05, 0) is 53.6 Å². The molecule has 1 aliphatic heterocycles. The average Bonchev–Trinajstić information content (AvgIpc) is 3.20. The van der Waals surface area contributed by atoms with Crippen LogP contribution < -0.4 is 4.74 Å². The van der Waals surface area contributed by atoms with Crippen LogP contribution in [-0.4, -0.2) is 30.1 Å². The Hall–Kier alpha value is -2.82. The minimum absolute atomic E-state index is 0.106. The topological polar surface area (TPSA) is 55.8 Å². The molecule has 2 amide bonds. The molecule has 2 aromatic carbocycles. The third-order valence-corrected chi connectivity index (χ3v) is 6.10. The van der Waals surface area contributed by atoms with E-state index in [0.717, 1.165) is 29.7 Å². The number of rotatable bonds is 2. The van der Waals surface area contributed by atoms with Crippen molar-refractivity contribution in [3.8, 4) is 5.75 Å². The molecule has 2 aliphatic carbocycles. The fraction of sp³-hybridized carbons (Fsp3) is 0.364. The van der Waals surface area contributed by atoms with Crippen molar-refractivity contribution in [2.75, 3.05) is 7.11 Å². The molecule has 0 bridgehead atoms. The maximum Gasteiger partial charge on any atom is 0.417 e. The predicted molar refractivity (Wildman–Crippen MR) is 98.5 cm³/mol. The summed E-state index contributed by atoms with van der Waals surface area (Å²) < 4.78 is 10.8. The molecule has 0 unspecified atom stereocenters. The highest BCUT2D eigenvalue weighted by Crippen LogP contribution is 2.44. The van der Waals surface area contributed by atoms with Gasteiger partial charge in [-0.15, -0.1) is 0 Å². The molecule has 1 heterocycles. The molecule has 3 aliphatic rings. The van der Waals surface area contributed by atoms with E-state index in [1.807, 2.05) is 42.5 Å². The highest BCUT2D eigenvalue weighted by molar-refractivity contribution is 5.95. The molecule has 5 rings (SSSR count). The van der Waals surface area contributed by atoms with E-state index in [2.05, 4.69) is 0 Å². The van der Waals surface area contributed by atoms with E-state index in [0.29, 0.717) is 12.8 Å². The molecule has 1 fully saturated rings. The normalized spacial score (nSPS) is 25.4. The van der Waals surface area contributed by atoms with Crippen molar-refractivity contribution in [3.05, 3.63) is 64.7 Å². The Morgan fingerprint density at radius 1 is 1.11 bits per heavy atom. The molecule has 1 saturated heterocycles. The summed E-state index contributed by atoms with van der Waals surface area (Å²) in [5.41, 5.74) is 4.60. The molecule has 0 saturated carbocycles. The molecular formula is C22H21NO4. The summed E-state index contributed by atoms with van der Waals surface area (Å²) in [4.78, 5) is 27.2. The fourth-order valence-corrected chi connectivity index (χ4v) is 4.74. The minimum atomic E-state index is -0.495. The third kappa shape index (κ3) is 2.52. The van der Waals surface area contributed by atoms with Gasteiger partial charge in [0.2, 0.25) is 5.91 Å². The summed E-state index contributed by atoms with van der Waals surface area (Å²) in [6.45, 7) is 0. The Kier molecular flexibility index (Phi) is 3.71. The summed E-state index contributed by atoms with van der Waals surface area (Å²) in [7, 11) is 1.66. The monoisotopic (exact) mass is 363 g/mol. The summed E-state index contributed by atoms with van der Waals surface area (Å²) in [6.07, 6.45) is 2.15. The number of methoxy groups -OCH3 is 1. The third-order valence-electron chi connectivity index (χ3n) is 6.10. The van der Waals surface area contributed by atoms with E-state index >= 15 is 0 Å². The van der Waals surface area contributed by atoms with Gasteiger partial charge in [0.05, 0.1) is 7.11 Å². The number of hydrogen-bond donors (Lipinski definition) is 0. The van der Waals surface area contributed by atoms with Gasteiger partial charge < -0.3 is 9.47 Å². The molecule has 27 heavy (non-hydrogen) atoms. The molecule has 5 nitrogen and oxygen atoms in total. The lowest BCUT2D eigenvalue weighted by molar-refractivity contribution is -0.134. The molecule has 2 aromatic rings. The van der Waals surface area contributed by atoms with E-state index < -0.39 is 6.09 Å². The zero-order chi connectivity index (χ0) is 18.5. The SMILES string of the molecule is COc1ccc2c(c1)CC[C@@H](C(=O)N1C(=O)O[C@H]3Cc4ccccc4[C@H]31)C2. The van der Waals surface area contributed by atoms with Crippen molar-refractivity contribution in [1.82, 2.24) is 4.90 Å².